The molecule has 1 aromatic carbocycles. The second-order valence-electron chi connectivity index (χ2n) is 8.35. The van der Waals surface area contributed by atoms with Gasteiger partial charge in [-0.15, -0.1) is 0 Å². The van der Waals surface area contributed by atoms with Crippen molar-refractivity contribution in [3.63, 3.8) is 0 Å². The van der Waals surface area contributed by atoms with Gasteiger partial charge >= 0.3 is 6.09 Å². The van der Waals surface area contributed by atoms with Crippen molar-refractivity contribution in [2.24, 2.45) is 0 Å². The van der Waals surface area contributed by atoms with Crippen LogP contribution in [0.3, 0.4) is 0 Å². The van der Waals surface area contributed by atoms with Crippen LogP contribution in [-0.2, 0) is 11.3 Å². The van der Waals surface area contributed by atoms with Crippen LogP contribution in [0, 0.1) is 17.1 Å². The van der Waals surface area contributed by atoms with Crippen molar-refractivity contribution >= 4 is 11.9 Å². The monoisotopic (exact) mass is 426 g/mol. The van der Waals surface area contributed by atoms with Crippen molar-refractivity contribution in [3.8, 4) is 11.9 Å². The zero-order chi connectivity index (χ0) is 22.4. The Bertz CT molecular complexity index is 968. The maximum absolute atomic E-state index is 14.1. The van der Waals surface area contributed by atoms with E-state index in [4.69, 9.17) is 14.7 Å². The quantitative estimate of drug-likeness (QED) is 0.732. The van der Waals surface area contributed by atoms with E-state index in [9.17, 15) is 9.18 Å². The number of anilines is 1. The summed E-state index contributed by atoms with van der Waals surface area (Å²) in [6, 6.07) is 11.6. The van der Waals surface area contributed by atoms with E-state index < -0.39 is 11.4 Å². The molecule has 0 unspecified atom stereocenters. The highest BCUT2D eigenvalue weighted by Crippen LogP contribution is 2.20. The van der Waals surface area contributed by atoms with Crippen molar-refractivity contribution < 1.29 is 18.7 Å². The normalized spacial score (nSPS) is 14.5. The molecule has 8 heteroatoms. The predicted octanol–water partition coefficient (Wildman–Crippen LogP) is 4.12. The Morgan fingerprint density at radius 2 is 2.00 bits per heavy atom. The van der Waals surface area contributed by atoms with Crippen molar-refractivity contribution in [1.29, 1.82) is 5.26 Å². The van der Waals surface area contributed by atoms with Crippen LogP contribution in [0.2, 0.25) is 0 Å². The molecule has 1 aliphatic heterocycles. The molecule has 0 radical (unpaired) electrons. The minimum absolute atomic E-state index is 0.0143. The number of rotatable bonds is 4. The average Bonchev–Trinajstić information content (AvgIpc) is 2.98. The molecule has 3 rings (SSSR count). The number of aromatic nitrogens is 1. The SMILES string of the molecule is CC(C)(C)OC(=O)N1CCCN(c2cccc(OCc3ccc(C#N)cc3F)n2)CC1. The van der Waals surface area contributed by atoms with Gasteiger partial charge in [-0.3, -0.25) is 0 Å². The standard InChI is InChI=1S/C23H27FN4O3/c1-23(2,3)31-22(29)28-11-5-10-27(12-13-28)20-6-4-7-21(26-20)30-16-18-9-8-17(15-25)14-19(18)24/h4,6-9,14H,5,10-13,16H2,1-3H3. The summed E-state index contributed by atoms with van der Waals surface area (Å²) < 4.78 is 25.2. The van der Waals surface area contributed by atoms with Gasteiger partial charge in [0.2, 0.25) is 5.88 Å². The molecule has 0 bridgehead atoms. The van der Waals surface area contributed by atoms with Gasteiger partial charge < -0.3 is 19.3 Å². The first-order valence-electron chi connectivity index (χ1n) is 10.3. The maximum atomic E-state index is 14.1. The van der Waals surface area contributed by atoms with Gasteiger partial charge in [-0.05, 0) is 45.4 Å². The second kappa shape index (κ2) is 9.65. The van der Waals surface area contributed by atoms with E-state index >= 15 is 0 Å². The van der Waals surface area contributed by atoms with Gasteiger partial charge in [0, 0.05) is 37.8 Å². The first-order chi connectivity index (χ1) is 14.7. The highest BCUT2D eigenvalue weighted by Gasteiger charge is 2.25. The number of amides is 1. The van der Waals surface area contributed by atoms with Crippen LogP contribution in [-0.4, -0.2) is 47.8 Å². The van der Waals surface area contributed by atoms with Crippen LogP contribution in [0.5, 0.6) is 5.88 Å². The Morgan fingerprint density at radius 3 is 2.71 bits per heavy atom. The van der Waals surface area contributed by atoms with Gasteiger partial charge in [-0.25, -0.2) is 9.18 Å². The fraction of sp³-hybridized carbons (Fsp3) is 0.435. The number of benzene rings is 1. The molecular weight excluding hydrogens is 399 g/mol. The smallest absolute Gasteiger partial charge is 0.410 e. The van der Waals surface area contributed by atoms with E-state index in [-0.39, 0.29) is 18.3 Å². The molecule has 0 spiro atoms. The lowest BCUT2D eigenvalue weighted by Gasteiger charge is -2.26. The molecule has 1 amide bonds. The number of nitriles is 1. The Morgan fingerprint density at radius 1 is 1.19 bits per heavy atom. The first-order valence-corrected chi connectivity index (χ1v) is 10.3. The first kappa shape index (κ1) is 22.3. The maximum Gasteiger partial charge on any atom is 0.410 e. The number of carbonyl (C=O) groups excluding carboxylic acids is 1. The molecule has 1 aromatic heterocycles. The molecule has 164 valence electrons. The Balaban J connectivity index is 1.61. The summed E-state index contributed by atoms with van der Waals surface area (Å²) in [7, 11) is 0. The number of carbonyl (C=O) groups is 1. The molecule has 0 saturated carbocycles. The van der Waals surface area contributed by atoms with Crippen molar-refractivity contribution in [1.82, 2.24) is 9.88 Å². The third-order valence-corrected chi connectivity index (χ3v) is 4.74. The minimum Gasteiger partial charge on any atom is -0.473 e. The van der Waals surface area contributed by atoms with Crippen LogP contribution in [0.25, 0.3) is 0 Å². The molecule has 2 heterocycles. The minimum atomic E-state index is -0.523. The molecule has 0 aliphatic carbocycles. The van der Waals surface area contributed by atoms with Crippen LogP contribution in [0.4, 0.5) is 15.0 Å². The average molecular weight is 426 g/mol. The molecule has 2 aromatic rings. The van der Waals surface area contributed by atoms with Gasteiger partial charge in [0.25, 0.3) is 0 Å². The summed E-state index contributed by atoms with van der Waals surface area (Å²) in [4.78, 5) is 20.7. The third-order valence-electron chi connectivity index (χ3n) is 4.74. The van der Waals surface area contributed by atoms with E-state index in [1.807, 2.05) is 39.0 Å². The highest BCUT2D eigenvalue weighted by molar-refractivity contribution is 5.68. The van der Waals surface area contributed by atoms with Gasteiger partial charge in [0.05, 0.1) is 11.6 Å². The largest absolute Gasteiger partial charge is 0.473 e. The summed E-state index contributed by atoms with van der Waals surface area (Å²) >= 11 is 0. The molecule has 1 saturated heterocycles. The lowest BCUT2D eigenvalue weighted by atomic mass is 10.1. The summed E-state index contributed by atoms with van der Waals surface area (Å²) in [5.74, 6) is 0.642. The Hall–Kier alpha value is -3.34. The van der Waals surface area contributed by atoms with Crippen LogP contribution < -0.4 is 9.64 Å². The summed E-state index contributed by atoms with van der Waals surface area (Å²) in [5.41, 5.74) is 0.0991. The lowest BCUT2D eigenvalue weighted by Crippen LogP contribution is -2.39. The number of hydrogen-bond donors (Lipinski definition) is 0. The number of halogens is 1. The van der Waals surface area contributed by atoms with E-state index in [1.54, 1.807) is 17.0 Å². The summed E-state index contributed by atoms with van der Waals surface area (Å²) in [6.07, 6.45) is 0.492. The van der Waals surface area contributed by atoms with Crippen molar-refractivity contribution in [2.75, 3.05) is 31.1 Å². The number of hydrogen-bond acceptors (Lipinski definition) is 6. The Labute approximate surface area is 182 Å². The fourth-order valence-corrected chi connectivity index (χ4v) is 3.20. The van der Waals surface area contributed by atoms with Gasteiger partial charge in [-0.2, -0.15) is 10.2 Å². The predicted molar refractivity (Wildman–Crippen MR) is 114 cm³/mol. The van der Waals surface area contributed by atoms with Crippen LogP contribution >= 0.6 is 0 Å². The van der Waals surface area contributed by atoms with Gasteiger partial charge in [-0.1, -0.05) is 12.1 Å². The number of nitrogens with zero attached hydrogens (tertiary/aromatic N) is 4. The molecule has 0 N–H and O–H groups in total. The molecule has 0 atom stereocenters. The summed E-state index contributed by atoms with van der Waals surface area (Å²) in [5, 5.41) is 8.84. The number of pyridine rings is 1. The molecule has 1 fully saturated rings. The molecular formula is C23H27FN4O3. The van der Waals surface area contributed by atoms with Crippen LogP contribution in [0.15, 0.2) is 36.4 Å². The van der Waals surface area contributed by atoms with E-state index in [1.165, 1.54) is 12.1 Å². The number of ether oxygens (including phenoxy) is 2. The van der Waals surface area contributed by atoms with Crippen molar-refractivity contribution in [2.45, 2.75) is 39.4 Å². The zero-order valence-electron chi connectivity index (χ0n) is 18.1. The molecule has 1 aliphatic rings. The van der Waals surface area contributed by atoms with E-state index in [0.717, 1.165) is 18.8 Å². The van der Waals surface area contributed by atoms with Gasteiger partial charge in [0.15, 0.2) is 0 Å². The van der Waals surface area contributed by atoms with E-state index in [2.05, 4.69) is 9.88 Å². The van der Waals surface area contributed by atoms with Gasteiger partial charge in [0.1, 0.15) is 23.8 Å². The van der Waals surface area contributed by atoms with Crippen molar-refractivity contribution in [3.05, 3.63) is 53.3 Å². The summed E-state index contributed by atoms with van der Waals surface area (Å²) in [6.45, 7) is 8.12. The van der Waals surface area contributed by atoms with Crippen LogP contribution in [0.1, 0.15) is 38.3 Å². The lowest BCUT2D eigenvalue weighted by molar-refractivity contribution is 0.0263. The second-order valence-corrected chi connectivity index (χ2v) is 8.35. The zero-order valence-corrected chi connectivity index (χ0v) is 18.1. The Kier molecular flexibility index (Phi) is 6.95. The fourth-order valence-electron chi connectivity index (χ4n) is 3.20. The highest BCUT2D eigenvalue weighted by atomic mass is 19.1. The third kappa shape index (κ3) is 6.32. The molecule has 31 heavy (non-hydrogen) atoms. The topological polar surface area (TPSA) is 78.7 Å². The molecule has 7 nitrogen and oxygen atoms in total. The van der Waals surface area contributed by atoms with E-state index in [0.29, 0.717) is 31.1 Å².